The van der Waals surface area contributed by atoms with Crippen LogP contribution in [0.4, 0.5) is 0 Å². The predicted octanol–water partition coefficient (Wildman–Crippen LogP) is 10.9. The number of alkyl halides is 1. The van der Waals surface area contributed by atoms with Crippen LogP contribution in [-0.2, 0) is 12.3 Å². The minimum Gasteiger partial charge on any atom is -0.122 e. The molecule has 0 nitrogen and oxygen atoms in total. The Bertz CT molecular complexity index is 534. The first-order chi connectivity index (χ1) is 15.1. The fourth-order valence-corrected chi connectivity index (χ4v) is 2.92. The summed E-state index contributed by atoms with van der Waals surface area (Å²) in [5, 5.41) is 0. The highest BCUT2D eigenvalue weighted by Gasteiger charge is 1.86. The van der Waals surface area contributed by atoms with Crippen LogP contribution in [0.2, 0.25) is 0 Å². The molecule has 2 aromatic rings. The molecule has 1 heteroatoms. The minimum absolute atomic E-state index is 0.611. The minimum atomic E-state index is 0.611. The van der Waals surface area contributed by atoms with E-state index in [0.29, 0.717) is 5.88 Å². The molecule has 0 fully saturated rings. The average Bonchev–Trinajstić information content (AvgIpc) is 2.83. The van der Waals surface area contributed by atoms with Crippen LogP contribution >= 0.6 is 11.6 Å². The smallest absolute Gasteiger partial charge is 0.0474 e. The van der Waals surface area contributed by atoms with Crippen molar-refractivity contribution in [2.45, 2.75) is 118 Å². The molecule has 178 valence electrons. The van der Waals surface area contributed by atoms with Gasteiger partial charge >= 0.3 is 0 Å². The zero-order valence-corrected chi connectivity index (χ0v) is 22.3. The summed E-state index contributed by atoms with van der Waals surface area (Å²) < 4.78 is 0. The summed E-state index contributed by atoms with van der Waals surface area (Å²) in [5.74, 6) is 0.611. The van der Waals surface area contributed by atoms with E-state index in [1.54, 1.807) is 0 Å². The van der Waals surface area contributed by atoms with Crippen molar-refractivity contribution in [3.63, 3.8) is 0 Å². The molecule has 2 aromatic carbocycles. The fourth-order valence-electron chi connectivity index (χ4n) is 2.74. The van der Waals surface area contributed by atoms with Crippen molar-refractivity contribution < 1.29 is 0 Å². The molecule has 0 spiro atoms. The van der Waals surface area contributed by atoms with Crippen LogP contribution < -0.4 is 0 Å². The Labute approximate surface area is 200 Å². The van der Waals surface area contributed by atoms with Gasteiger partial charge < -0.3 is 0 Å². The van der Waals surface area contributed by atoms with Gasteiger partial charge in [0.15, 0.2) is 0 Å². The summed E-state index contributed by atoms with van der Waals surface area (Å²) in [7, 11) is 0. The van der Waals surface area contributed by atoms with E-state index in [4.69, 9.17) is 11.6 Å². The van der Waals surface area contributed by atoms with E-state index in [2.05, 4.69) is 77.9 Å². The Hall–Kier alpha value is -1.27. The summed E-state index contributed by atoms with van der Waals surface area (Å²) in [6.07, 6.45) is 15.2. The van der Waals surface area contributed by atoms with Crippen LogP contribution in [0.5, 0.6) is 0 Å². The van der Waals surface area contributed by atoms with Crippen molar-refractivity contribution in [1.29, 1.82) is 0 Å². The van der Waals surface area contributed by atoms with Crippen LogP contribution in [0.25, 0.3) is 0 Å². The SMILES string of the molecule is CCCCCC.CCCCCCCC.CCc1ccccc1.Cc1ccc(CCl)cc1. The first-order valence-electron chi connectivity index (χ1n) is 12.7. The zero-order chi connectivity index (χ0) is 23.6. The molecule has 0 N–H and O–H groups in total. The highest BCUT2D eigenvalue weighted by molar-refractivity contribution is 6.17. The molecule has 0 bridgehead atoms. The van der Waals surface area contributed by atoms with Gasteiger partial charge in [0.1, 0.15) is 0 Å². The first-order valence-corrected chi connectivity index (χ1v) is 13.3. The Morgan fingerprint density at radius 2 is 0.935 bits per heavy atom. The topological polar surface area (TPSA) is 0 Å². The molecule has 0 unspecified atom stereocenters. The van der Waals surface area contributed by atoms with E-state index >= 15 is 0 Å². The first kappa shape index (κ1) is 31.9. The van der Waals surface area contributed by atoms with Gasteiger partial charge in [-0.1, -0.05) is 159 Å². The third-order valence-electron chi connectivity index (χ3n) is 4.94. The lowest BCUT2D eigenvalue weighted by molar-refractivity contribution is 0.624. The lowest BCUT2D eigenvalue weighted by Gasteiger charge is -1.93. The lowest BCUT2D eigenvalue weighted by Crippen LogP contribution is -1.75. The Kier molecular flexibility index (Phi) is 27.6. The monoisotopic (exact) mass is 446 g/mol. The highest BCUT2D eigenvalue weighted by atomic mass is 35.5. The molecule has 0 aromatic heterocycles. The van der Waals surface area contributed by atoms with Gasteiger partial charge in [0.05, 0.1) is 0 Å². The van der Waals surface area contributed by atoms with Gasteiger partial charge in [0, 0.05) is 5.88 Å². The quantitative estimate of drug-likeness (QED) is 0.251. The van der Waals surface area contributed by atoms with Gasteiger partial charge in [0.2, 0.25) is 0 Å². The molecule has 0 saturated carbocycles. The maximum atomic E-state index is 5.58. The zero-order valence-electron chi connectivity index (χ0n) is 21.6. The molecule has 2 rings (SSSR count). The molecule has 31 heavy (non-hydrogen) atoms. The number of rotatable bonds is 10. The molecule has 0 heterocycles. The molecular weight excluding hydrogens is 396 g/mol. The van der Waals surface area contributed by atoms with Gasteiger partial charge in [-0.2, -0.15) is 0 Å². The van der Waals surface area contributed by atoms with E-state index in [-0.39, 0.29) is 0 Å². The van der Waals surface area contributed by atoms with Crippen molar-refractivity contribution in [2.24, 2.45) is 0 Å². The highest BCUT2D eigenvalue weighted by Crippen LogP contribution is 2.05. The van der Waals surface area contributed by atoms with E-state index in [1.807, 2.05) is 18.2 Å². The number of hydrogen-bond donors (Lipinski definition) is 0. The Balaban J connectivity index is 0. The number of aryl methyl sites for hydroxylation is 2. The van der Waals surface area contributed by atoms with Crippen molar-refractivity contribution in [3.05, 3.63) is 71.3 Å². The van der Waals surface area contributed by atoms with Crippen molar-refractivity contribution in [2.75, 3.05) is 0 Å². The maximum Gasteiger partial charge on any atom is 0.0474 e. The van der Waals surface area contributed by atoms with Crippen molar-refractivity contribution in [1.82, 2.24) is 0 Å². The number of hydrogen-bond acceptors (Lipinski definition) is 0. The van der Waals surface area contributed by atoms with Crippen LogP contribution in [0.3, 0.4) is 0 Å². The van der Waals surface area contributed by atoms with Gasteiger partial charge in [-0.3, -0.25) is 0 Å². The molecule has 0 aliphatic rings. The molecular formula is C30H51Cl. The summed E-state index contributed by atoms with van der Waals surface area (Å²) >= 11 is 5.58. The summed E-state index contributed by atoms with van der Waals surface area (Å²) in [6, 6.07) is 18.7. The van der Waals surface area contributed by atoms with Gasteiger partial charge in [-0.05, 0) is 24.5 Å². The molecule has 0 atom stereocenters. The third-order valence-corrected chi connectivity index (χ3v) is 5.25. The van der Waals surface area contributed by atoms with Crippen LogP contribution in [0.1, 0.15) is 116 Å². The van der Waals surface area contributed by atoms with E-state index in [1.165, 1.54) is 80.9 Å². The van der Waals surface area contributed by atoms with Gasteiger partial charge in [-0.25, -0.2) is 0 Å². The summed E-state index contributed by atoms with van der Waals surface area (Å²) in [6.45, 7) is 13.2. The van der Waals surface area contributed by atoms with Crippen LogP contribution in [-0.4, -0.2) is 0 Å². The van der Waals surface area contributed by atoms with Gasteiger partial charge in [0.25, 0.3) is 0 Å². The fraction of sp³-hybridized carbons (Fsp3) is 0.600. The van der Waals surface area contributed by atoms with E-state index in [9.17, 15) is 0 Å². The van der Waals surface area contributed by atoms with E-state index < -0.39 is 0 Å². The normalized spacial score (nSPS) is 9.39. The summed E-state index contributed by atoms with van der Waals surface area (Å²) in [5.41, 5.74) is 3.87. The third kappa shape index (κ3) is 24.9. The number of benzene rings is 2. The van der Waals surface area contributed by atoms with Gasteiger partial charge in [-0.15, -0.1) is 11.6 Å². The Morgan fingerprint density at radius 1 is 0.516 bits per heavy atom. The van der Waals surface area contributed by atoms with Crippen LogP contribution in [0.15, 0.2) is 54.6 Å². The lowest BCUT2D eigenvalue weighted by atomic mass is 10.1. The number of unbranched alkanes of at least 4 members (excludes halogenated alkanes) is 8. The summed E-state index contributed by atoms with van der Waals surface area (Å²) in [4.78, 5) is 0. The average molecular weight is 447 g/mol. The molecule has 0 aliphatic heterocycles. The second-order valence-corrected chi connectivity index (χ2v) is 8.35. The van der Waals surface area contributed by atoms with E-state index in [0.717, 1.165) is 6.42 Å². The molecule has 0 radical (unpaired) electrons. The Morgan fingerprint density at radius 3 is 1.26 bits per heavy atom. The van der Waals surface area contributed by atoms with Crippen molar-refractivity contribution >= 4 is 11.6 Å². The second kappa shape index (κ2) is 26.8. The van der Waals surface area contributed by atoms with Crippen LogP contribution in [0, 0.1) is 6.92 Å². The largest absolute Gasteiger partial charge is 0.122 e. The second-order valence-electron chi connectivity index (χ2n) is 8.08. The molecule has 0 saturated heterocycles. The van der Waals surface area contributed by atoms with Crippen molar-refractivity contribution in [3.8, 4) is 0 Å². The molecule has 0 amide bonds. The predicted molar refractivity (Wildman–Crippen MR) is 145 cm³/mol. The number of halogens is 1. The molecule has 0 aliphatic carbocycles. The maximum absolute atomic E-state index is 5.58. The standard InChI is InChI=1S/C8H9Cl.C8H10.C8H18.C6H14/c1-7-2-4-8(6-9)5-3-7;1-2-8-6-4-3-5-7-8;1-3-5-7-8-6-4-2;1-3-5-6-4-2/h2-5H,6H2,1H3;3-7H,2H2,1H3;3-8H2,1-2H3;3-6H2,1-2H3.